The van der Waals surface area contributed by atoms with Gasteiger partial charge in [-0.3, -0.25) is 4.98 Å². The van der Waals surface area contributed by atoms with Crippen LogP contribution in [0.1, 0.15) is 11.3 Å². The second-order valence-corrected chi connectivity index (χ2v) is 6.27. The Kier molecular flexibility index (Phi) is 3.46. The van der Waals surface area contributed by atoms with Gasteiger partial charge in [-0.25, -0.2) is 9.97 Å². The largest absolute Gasteiger partial charge is 0.354 e. The van der Waals surface area contributed by atoms with Gasteiger partial charge < -0.3 is 5.32 Å². The Balaban J connectivity index is 1.53. The van der Waals surface area contributed by atoms with E-state index < -0.39 is 0 Å². The molecule has 0 amide bonds. The Morgan fingerprint density at radius 2 is 1.38 bits per heavy atom. The van der Waals surface area contributed by atoms with Gasteiger partial charge in [-0.1, -0.05) is 30.3 Å². The molecule has 4 heterocycles. The summed E-state index contributed by atoms with van der Waals surface area (Å²) in [6.07, 6.45) is 2.61. The molecular formula is C22H16N4. The van der Waals surface area contributed by atoms with Gasteiger partial charge in [-0.15, -0.1) is 0 Å². The average molecular weight is 336 g/mol. The fourth-order valence-corrected chi connectivity index (χ4v) is 3.25. The molecule has 3 aromatic heterocycles. The molecule has 0 bridgehead atoms. The van der Waals surface area contributed by atoms with Gasteiger partial charge in [0.15, 0.2) is 0 Å². The summed E-state index contributed by atoms with van der Waals surface area (Å²) in [5, 5.41) is 3.46. The quantitative estimate of drug-likeness (QED) is 0.500. The van der Waals surface area contributed by atoms with E-state index in [1.807, 2.05) is 48.5 Å². The summed E-state index contributed by atoms with van der Waals surface area (Å²) in [6.45, 7) is 0. The Morgan fingerprint density at radius 3 is 2.27 bits per heavy atom. The molecule has 0 saturated heterocycles. The third-order valence-corrected chi connectivity index (χ3v) is 4.56. The van der Waals surface area contributed by atoms with E-state index in [0.29, 0.717) is 0 Å². The highest BCUT2D eigenvalue weighted by Crippen LogP contribution is 2.33. The summed E-state index contributed by atoms with van der Waals surface area (Å²) < 4.78 is 0. The van der Waals surface area contributed by atoms with E-state index in [1.165, 1.54) is 5.56 Å². The number of fused-ring (bicyclic) bond motifs is 2. The molecular weight excluding hydrogens is 320 g/mol. The van der Waals surface area contributed by atoms with Crippen LogP contribution >= 0.6 is 0 Å². The molecule has 124 valence electrons. The Morgan fingerprint density at radius 1 is 0.615 bits per heavy atom. The summed E-state index contributed by atoms with van der Waals surface area (Å²) in [5.74, 6) is 0. The average Bonchev–Trinajstić information content (AvgIpc) is 2.72. The first kappa shape index (κ1) is 14.8. The van der Waals surface area contributed by atoms with E-state index in [4.69, 9.17) is 9.97 Å². The van der Waals surface area contributed by atoms with Crippen LogP contribution in [-0.2, 0) is 6.42 Å². The number of para-hydroxylation sites is 1. The molecule has 0 unspecified atom stereocenters. The van der Waals surface area contributed by atoms with Gasteiger partial charge in [0.25, 0.3) is 0 Å². The Bertz CT molecular complexity index is 1090. The third-order valence-electron chi connectivity index (χ3n) is 4.56. The van der Waals surface area contributed by atoms with Crippen LogP contribution < -0.4 is 5.32 Å². The maximum absolute atomic E-state index is 4.87. The number of hydrogen-bond donors (Lipinski definition) is 1. The minimum Gasteiger partial charge on any atom is -0.354 e. The zero-order valence-corrected chi connectivity index (χ0v) is 14.1. The fraction of sp³-hybridized carbons (Fsp3) is 0.0455. The first-order valence-corrected chi connectivity index (χ1v) is 8.60. The van der Waals surface area contributed by atoms with E-state index >= 15 is 0 Å². The van der Waals surface area contributed by atoms with Crippen LogP contribution in [0, 0.1) is 0 Å². The van der Waals surface area contributed by atoms with Gasteiger partial charge in [-0.05, 0) is 48.0 Å². The predicted molar refractivity (Wildman–Crippen MR) is 103 cm³/mol. The summed E-state index contributed by atoms with van der Waals surface area (Å²) in [5.41, 5.74) is 7.98. The van der Waals surface area contributed by atoms with Crippen LogP contribution in [0.3, 0.4) is 0 Å². The molecule has 0 radical (unpaired) electrons. The third kappa shape index (κ3) is 2.62. The van der Waals surface area contributed by atoms with Crippen molar-refractivity contribution < 1.29 is 0 Å². The highest BCUT2D eigenvalue weighted by molar-refractivity contribution is 5.72. The van der Waals surface area contributed by atoms with Crippen molar-refractivity contribution in [1.82, 2.24) is 15.0 Å². The van der Waals surface area contributed by atoms with E-state index in [-0.39, 0.29) is 0 Å². The molecule has 1 aromatic carbocycles. The van der Waals surface area contributed by atoms with Crippen molar-refractivity contribution in [3.05, 3.63) is 90.3 Å². The molecule has 4 aromatic rings. The van der Waals surface area contributed by atoms with Gasteiger partial charge in [0.05, 0.1) is 34.2 Å². The molecule has 0 atom stereocenters. The van der Waals surface area contributed by atoms with Crippen LogP contribution in [-0.4, -0.2) is 15.0 Å². The second kappa shape index (κ2) is 6.08. The summed E-state index contributed by atoms with van der Waals surface area (Å²) in [6, 6.07) is 24.3. The lowest BCUT2D eigenvalue weighted by Gasteiger charge is -2.21. The lowest BCUT2D eigenvalue weighted by molar-refractivity contribution is 1.05. The molecule has 26 heavy (non-hydrogen) atoms. The number of benzene rings is 1. The predicted octanol–water partition coefficient (Wildman–Crippen LogP) is 4.85. The van der Waals surface area contributed by atoms with Gasteiger partial charge in [0.1, 0.15) is 0 Å². The number of pyridine rings is 3. The van der Waals surface area contributed by atoms with Crippen molar-refractivity contribution in [2.45, 2.75) is 6.42 Å². The molecule has 1 aliphatic rings. The van der Waals surface area contributed by atoms with Gasteiger partial charge >= 0.3 is 0 Å². The van der Waals surface area contributed by atoms with Gasteiger partial charge in [0.2, 0.25) is 0 Å². The zero-order valence-electron chi connectivity index (χ0n) is 14.1. The number of anilines is 2. The SMILES string of the molecule is c1ccc(-c2cccc(-c3ccc4c(n3)Cc3ccccc3N4)n2)nc1. The van der Waals surface area contributed by atoms with E-state index in [9.17, 15) is 0 Å². The zero-order chi connectivity index (χ0) is 17.3. The molecule has 4 heteroatoms. The van der Waals surface area contributed by atoms with Crippen molar-refractivity contribution in [2.75, 3.05) is 5.32 Å². The van der Waals surface area contributed by atoms with Crippen molar-refractivity contribution in [3.8, 4) is 22.8 Å². The van der Waals surface area contributed by atoms with E-state index in [2.05, 4.69) is 34.6 Å². The van der Waals surface area contributed by atoms with Crippen LogP contribution in [0.15, 0.2) is 79.0 Å². The first-order chi connectivity index (χ1) is 12.9. The minimum atomic E-state index is 0.826. The highest BCUT2D eigenvalue weighted by Gasteiger charge is 2.16. The van der Waals surface area contributed by atoms with Crippen molar-refractivity contribution in [2.24, 2.45) is 0 Å². The van der Waals surface area contributed by atoms with Crippen LogP contribution in [0.4, 0.5) is 11.4 Å². The number of hydrogen-bond acceptors (Lipinski definition) is 4. The van der Waals surface area contributed by atoms with Crippen LogP contribution in [0.2, 0.25) is 0 Å². The lowest BCUT2D eigenvalue weighted by Crippen LogP contribution is -2.09. The van der Waals surface area contributed by atoms with Crippen molar-refractivity contribution in [1.29, 1.82) is 0 Å². The standard InChI is InChI=1S/C22H16N4/c1-2-7-16-15(6-1)14-22-21(24-16)12-11-20(26-22)19-10-5-9-18(25-19)17-8-3-4-13-23-17/h1-13,24H,14H2. The smallest absolute Gasteiger partial charge is 0.0894 e. The second-order valence-electron chi connectivity index (χ2n) is 6.27. The molecule has 4 nitrogen and oxygen atoms in total. The summed E-state index contributed by atoms with van der Waals surface area (Å²) >= 11 is 0. The molecule has 0 saturated carbocycles. The van der Waals surface area contributed by atoms with Crippen LogP contribution in [0.25, 0.3) is 22.8 Å². The molecule has 0 fully saturated rings. The van der Waals surface area contributed by atoms with Gasteiger partial charge in [-0.2, -0.15) is 0 Å². The molecule has 1 aliphatic heterocycles. The van der Waals surface area contributed by atoms with Crippen LogP contribution in [0.5, 0.6) is 0 Å². The molecule has 0 spiro atoms. The molecule has 5 rings (SSSR count). The van der Waals surface area contributed by atoms with Gasteiger partial charge in [0, 0.05) is 18.3 Å². The number of nitrogens with one attached hydrogen (secondary N) is 1. The number of aromatic nitrogens is 3. The molecule has 1 N–H and O–H groups in total. The number of nitrogens with zero attached hydrogens (tertiary/aromatic N) is 3. The monoisotopic (exact) mass is 336 g/mol. The molecule has 0 aliphatic carbocycles. The number of rotatable bonds is 2. The van der Waals surface area contributed by atoms with E-state index in [1.54, 1.807) is 6.20 Å². The Hall–Kier alpha value is -3.53. The lowest BCUT2D eigenvalue weighted by atomic mass is 10.0. The Labute approximate surface area is 151 Å². The normalized spacial score (nSPS) is 12.0. The maximum atomic E-state index is 4.87. The maximum Gasteiger partial charge on any atom is 0.0894 e. The summed E-state index contributed by atoms with van der Waals surface area (Å²) in [7, 11) is 0. The minimum absolute atomic E-state index is 0.826. The van der Waals surface area contributed by atoms with Crippen molar-refractivity contribution >= 4 is 11.4 Å². The van der Waals surface area contributed by atoms with Crippen molar-refractivity contribution in [3.63, 3.8) is 0 Å². The fourth-order valence-electron chi connectivity index (χ4n) is 3.25. The highest BCUT2D eigenvalue weighted by atomic mass is 14.9. The topological polar surface area (TPSA) is 50.7 Å². The van der Waals surface area contributed by atoms with E-state index in [0.717, 1.165) is 46.3 Å². The summed E-state index contributed by atoms with van der Waals surface area (Å²) in [4.78, 5) is 14.0. The first-order valence-electron chi connectivity index (χ1n) is 8.60.